The summed E-state index contributed by atoms with van der Waals surface area (Å²) in [7, 11) is -2.12. The second kappa shape index (κ2) is 6.78. The maximum absolute atomic E-state index is 12.4. The van der Waals surface area contributed by atoms with Gasteiger partial charge in [-0.15, -0.1) is 11.3 Å². The Morgan fingerprint density at radius 2 is 1.95 bits per heavy atom. The average molecular weight is 341 g/mol. The molecule has 0 amide bonds. The summed E-state index contributed by atoms with van der Waals surface area (Å²) < 4.78 is 32.4. The van der Waals surface area contributed by atoms with Crippen molar-refractivity contribution in [1.82, 2.24) is 4.72 Å². The Labute approximate surface area is 134 Å². The molecule has 1 heterocycles. The molecule has 0 bridgehead atoms. The van der Waals surface area contributed by atoms with Crippen molar-refractivity contribution in [3.05, 3.63) is 45.6 Å². The molecule has 1 unspecified atom stereocenters. The fraction of sp³-hybridized carbons (Fsp3) is 0.333. The van der Waals surface area contributed by atoms with Gasteiger partial charge in [0.15, 0.2) is 0 Å². The molecule has 0 aliphatic heterocycles. The smallest absolute Gasteiger partial charge is 0.240 e. The molecule has 120 valence electrons. The summed E-state index contributed by atoms with van der Waals surface area (Å²) in [6.07, 6.45) is -0.852. The van der Waals surface area contributed by atoms with Gasteiger partial charge in [-0.3, -0.25) is 0 Å². The van der Waals surface area contributed by atoms with Gasteiger partial charge in [-0.05, 0) is 48.6 Å². The van der Waals surface area contributed by atoms with Gasteiger partial charge in [0.05, 0.1) is 12.0 Å². The van der Waals surface area contributed by atoms with E-state index >= 15 is 0 Å². The van der Waals surface area contributed by atoms with E-state index in [1.54, 1.807) is 39.2 Å². The molecule has 1 aromatic carbocycles. The molecule has 2 rings (SSSR count). The van der Waals surface area contributed by atoms with Crippen molar-refractivity contribution in [1.29, 1.82) is 0 Å². The lowest BCUT2D eigenvalue weighted by Gasteiger charge is -2.14. The van der Waals surface area contributed by atoms with Gasteiger partial charge in [0, 0.05) is 11.4 Å². The molecule has 0 aliphatic carbocycles. The van der Waals surface area contributed by atoms with Crippen molar-refractivity contribution in [2.45, 2.75) is 24.8 Å². The summed E-state index contributed by atoms with van der Waals surface area (Å²) in [5.41, 5.74) is 1.50. The number of hydrogen-bond donors (Lipinski definition) is 2. The number of hydrogen-bond acceptors (Lipinski definition) is 5. The van der Waals surface area contributed by atoms with E-state index in [0.717, 1.165) is 16.0 Å². The first-order chi connectivity index (χ1) is 10.3. The number of sulfonamides is 1. The molecule has 1 aromatic heterocycles. The predicted molar refractivity (Wildman–Crippen MR) is 86.9 cm³/mol. The highest BCUT2D eigenvalue weighted by Gasteiger charge is 2.19. The summed E-state index contributed by atoms with van der Waals surface area (Å²) in [5, 5.41) is 11.8. The van der Waals surface area contributed by atoms with E-state index in [9.17, 15) is 13.5 Å². The molecule has 0 spiro atoms. The SMILES string of the molecule is COc1c(C)cc(S(=O)(=O)NCC(O)c2cccs2)cc1C. The third kappa shape index (κ3) is 3.67. The van der Waals surface area contributed by atoms with Gasteiger partial charge >= 0.3 is 0 Å². The Kier molecular flexibility index (Phi) is 5.23. The van der Waals surface area contributed by atoms with Crippen LogP contribution in [0.1, 0.15) is 22.1 Å². The Bertz CT molecular complexity index is 716. The zero-order valence-corrected chi connectivity index (χ0v) is 14.3. The zero-order chi connectivity index (χ0) is 16.3. The molecule has 22 heavy (non-hydrogen) atoms. The number of ether oxygens (including phenoxy) is 1. The molecular weight excluding hydrogens is 322 g/mol. The number of aliphatic hydroxyl groups is 1. The molecule has 0 aliphatic rings. The minimum Gasteiger partial charge on any atom is -0.496 e. The third-order valence-electron chi connectivity index (χ3n) is 3.29. The number of aryl methyl sites for hydroxylation is 2. The largest absolute Gasteiger partial charge is 0.496 e. The molecule has 1 atom stereocenters. The van der Waals surface area contributed by atoms with Crippen molar-refractivity contribution >= 4 is 21.4 Å². The van der Waals surface area contributed by atoms with Crippen molar-refractivity contribution in [3.8, 4) is 5.75 Å². The standard InChI is InChI=1S/C15H19NO4S2/c1-10-7-12(8-11(2)15(10)20-3)22(18,19)16-9-13(17)14-5-4-6-21-14/h4-8,13,16-17H,9H2,1-3H3. The number of methoxy groups -OCH3 is 1. The van der Waals surface area contributed by atoms with Crippen LogP contribution >= 0.6 is 11.3 Å². The van der Waals surface area contributed by atoms with Gasteiger partial charge in [0.1, 0.15) is 11.9 Å². The summed E-state index contributed by atoms with van der Waals surface area (Å²) >= 11 is 1.39. The molecule has 2 N–H and O–H groups in total. The van der Waals surface area contributed by atoms with Crippen LogP contribution in [0.2, 0.25) is 0 Å². The summed E-state index contributed by atoms with van der Waals surface area (Å²) in [6.45, 7) is 3.53. The first-order valence-corrected chi connectivity index (χ1v) is 9.08. The monoisotopic (exact) mass is 341 g/mol. The fourth-order valence-electron chi connectivity index (χ4n) is 2.24. The molecular formula is C15H19NO4S2. The lowest BCUT2D eigenvalue weighted by molar-refractivity contribution is 0.186. The molecule has 0 saturated heterocycles. The maximum atomic E-state index is 12.4. The van der Waals surface area contributed by atoms with Crippen LogP contribution in [0.15, 0.2) is 34.5 Å². The number of benzene rings is 1. The number of nitrogens with one attached hydrogen (secondary N) is 1. The van der Waals surface area contributed by atoms with E-state index in [0.29, 0.717) is 5.75 Å². The third-order valence-corrected chi connectivity index (χ3v) is 5.66. The molecule has 7 heteroatoms. The van der Waals surface area contributed by atoms with Gasteiger partial charge in [-0.2, -0.15) is 0 Å². The van der Waals surface area contributed by atoms with Gasteiger partial charge in [-0.1, -0.05) is 6.07 Å². The number of thiophene rings is 1. The maximum Gasteiger partial charge on any atom is 0.240 e. The first-order valence-electron chi connectivity index (χ1n) is 6.71. The van der Waals surface area contributed by atoms with Crippen LogP contribution in [-0.2, 0) is 10.0 Å². The van der Waals surface area contributed by atoms with Crippen molar-refractivity contribution in [3.63, 3.8) is 0 Å². The minimum absolute atomic E-state index is 0.0625. The highest BCUT2D eigenvalue weighted by Crippen LogP contribution is 2.26. The Hall–Kier alpha value is -1.41. The van der Waals surface area contributed by atoms with Crippen LogP contribution in [0.5, 0.6) is 5.75 Å². The second-order valence-corrected chi connectivity index (χ2v) is 7.72. The first kappa shape index (κ1) is 17.0. The van der Waals surface area contributed by atoms with Crippen LogP contribution in [-0.4, -0.2) is 27.2 Å². The molecule has 5 nitrogen and oxygen atoms in total. The van der Waals surface area contributed by atoms with E-state index < -0.39 is 16.1 Å². The van der Waals surface area contributed by atoms with Gasteiger partial charge in [-0.25, -0.2) is 13.1 Å². The Morgan fingerprint density at radius 1 is 1.32 bits per heavy atom. The normalized spacial score (nSPS) is 13.1. The lowest BCUT2D eigenvalue weighted by atomic mass is 10.1. The Morgan fingerprint density at radius 3 is 2.45 bits per heavy atom. The molecule has 2 aromatic rings. The van der Waals surface area contributed by atoms with E-state index in [2.05, 4.69) is 4.72 Å². The van der Waals surface area contributed by atoms with Crippen molar-refractivity contribution in [2.24, 2.45) is 0 Å². The van der Waals surface area contributed by atoms with E-state index in [1.165, 1.54) is 11.3 Å². The van der Waals surface area contributed by atoms with Crippen molar-refractivity contribution in [2.75, 3.05) is 13.7 Å². The number of aliphatic hydroxyl groups excluding tert-OH is 1. The van der Waals surface area contributed by atoms with Gasteiger partial charge in [0.2, 0.25) is 10.0 Å². The topological polar surface area (TPSA) is 75.6 Å². The Balaban J connectivity index is 2.17. The van der Waals surface area contributed by atoms with Gasteiger partial charge < -0.3 is 9.84 Å². The molecule has 0 fully saturated rings. The summed E-state index contributed by atoms with van der Waals surface area (Å²) in [6, 6.07) is 6.70. The summed E-state index contributed by atoms with van der Waals surface area (Å²) in [4.78, 5) is 0.895. The second-order valence-electron chi connectivity index (χ2n) is 4.97. The lowest BCUT2D eigenvalue weighted by Crippen LogP contribution is -2.28. The molecule has 0 saturated carbocycles. The van der Waals surface area contributed by atoms with Crippen LogP contribution in [0.25, 0.3) is 0 Å². The van der Waals surface area contributed by atoms with Crippen LogP contribution in [0, 0.1) is 13.8 Å². The minimum atomic E-state index is -3.68. The fourth-order valence-corrected chi connectivity index (χ4v) is 4.16. The average Bonchev–Trinajstić information content (AvgIpc) is 2.98. The predicted octanol–water partition coefficient (Wildman–Crippen LogP) is 2.39. The summed E-state index contributed by atoms with van der Waals surface area (Å²) in [5.74, 6) is 0.678. The van der Waals surface area contributed by atoms with E-state index in [-0.39, 0.29) is 11.4 Å². The van der Waals surface area contributed by atoms with Crippen LogP contribution in [0.4, 0.5) is 0 Å². The van der Waals surface area contributed by atoms with Gasteiger partial charge in [0.25, 0.3) is 0 Å². The number of rotatable bonds is 6. The quantitative estimate of drug-likeness (QED) is 0.846. The van der Waals surface area contributed by atoms with Crippen LogP contribution in [0.3, 0.4) is 0 Å². The highest BCUT2D eigenvalue weighted by molar-refractivity contribution is 7.89. The molecule has 0 radical (unpaired) electrons. The highest BCUT2D eigenvalue weighted by atomic mass is 32.2. The van der Waals surface area contributed by atoms with E-state index in [4.69, 9.17) is 4.74 Å². The van der Waals surface area contributed by atoms with Crippen molar-refractivity contribution < 1.29 is 18.3 Å². The van der Waals surface area contributed by atoms with Crippen LogP contribution < -0.4 is 9.46 Å². The zero-order valence-electron chi connectivity index (χ0n) is 12.7. The van der Waals surface area contributed by atoms with E-state index in [1.807, 2.05) is 11.4 Å².